The smallest absolute Gasteiger partial charge is 0.407 e. The highest BCUT2D eigenvalue weighted by atomic mass is 16.6. The summed E-state index contributed by atoms with van der Waals surface area (Å²) in [6.45, 7) is 1.55. The maximum absolute atomic E-state index is 11.0. The summed E-state index contributed by atoms with van der Waals surface area (Å²) in [5.41, 5.74) is 0.857. The number of benzene rings is 1. The number of carbonyl (C=O) groups is 1. The zero-order chi connectivity index (χ0) is 11.0. The molecule has 5 heteroatoms. The first-order valence-electron chi connectivity index (χ1n) is 5.17. The molecule has 0 aliphatic carbocycles. The number of alkyl carbamates (subject to hydrolysis) is 1. The Kier molecular flexibility index (Phi) is 2.09. The molecule has 2 aliphatic heterocycles. The topological polar surface area (TPSA) is 56.8 Å². The molecule has 2 aliphatic rings. The fourth-order valence-electron chi connectivity index (χ4n) is 1.91. The van der Waals surface area contributed by atoms with Crippen molar-refractivity contribution in [3.8, 4) is 11.5 Å². The minimum Gasteiger partial charge on any atom is -0.486 e. The van der Waals surface area contributed by atoms with E-state index in [-0.39, 0.29) is 12.2 Å². The van der Waals surface area contributed by atoms with Gasteiger partial charge >= 0.3 is 6.09 Å². The summed E-state index contributed by atoms with van der Waals surface area (Å²) >= 11 is 0. The standard InChI is InChI=1S/C11H11NO4/c13-11-12-6-9(16-11)7-2-1-3-8-10(7)15-5-4-14-8/h1-3,9H,4-6H2,(H,12,13). The van der Waals surface area contributed by atoms with Gasteiger partial charge < -0.3 is 19.5 Å². The number of para-hydroxylation sites is 1. The Bertz CT molecular complexity index is 432. The first-order chi connectivity index (χ1) is 7.84. The van der Waals surface area contributed by atoms with Crippen LogP contribution in [0.3, 0.4) is 0 Å². The fraction of sp³-hybridized carbons (Fsp3) is 0.364. The van der Waals surface area contributed by atoms with E-state index in [1.807, 2.05) is 18.2 Å². The molecule has 1 atom stereocenters. The van der Waals surface area contributed by atoms with Crippen LogP contribution in [0.1, 0.15) is 11.7 Å². The van der Waals surface area contributed by atoms with Gasteiger partial charge in [-0.1, -0.05) is 12.1 Å². The van der Waals surface area contributed by atoms with Crippen molar-refractivity contribution in [1.29, 1.82) is 0 Å². The van der Waals surface area contributed by atoms with Crippen LogP contribution in [0.2, 0.25) is 0 Å². The van der Waals surface area contributed by atoms with E-state index < -0.39 is 0 Å². The van der Waals surface area contributed by atoms with Crippen molar-refractivity contribution in [2.75, 3.05) is 19.8 Å². The third-order valence-electron chi connectivity index (χ3n) is 2.62. The van der Waals surface area contributed by atoms with Gasteiger partial charge in [0.15, 0.2) is 11.5 Å². The number of cyclic esters (lactones) is 1. The number of ether oxygens (including phenoxy) is 3. The van der Waals surface area contributed by atoms with Gasteiger partial charge in [-0.15, -0.1) is 0 Å². The van der Waals surface area contributed by atoms with E-state index in [0.717, 1.165) is 5.56 Å². The largest absolute Gasteiger partial charge is 0.486 e. The van der Waals surface area contributed by atoms with Crippen molar-refractivity contribution < 1.29 is 19.0 Å². The Morgan fingerprint density at radius 2 is 2.12 bits per heavy atom. The van der Waals surface area contributed by atoms with Gasteiger partial charge in [0.25, 0.3) is 0 Å². The van der Waals surface area contributed by atoms with E-state index in [2.05, 4.69) is 5.32 Å². The average Bonchev–Trinajstić information content (AvgIpc) is 2.75. The number of fused-ring (bicyclic) bond motifs is 1. The van der Waals surface area contributed by atoms with Crippen molar-refractivity contribution in [2.24, 2.45) is 0 Å². The van der Waals surface area contributed by atoms with Crippen molar-refractivity contribution in [1.82, 2.24) is 5.32 Å². The van der Waals surface area contributed by atoms with E-state index in [1.165, 1.54) is 0 Å². The van der Waals surface area contributed by atoms with Gasteiger partial charge in [0.2, 0.25) is 0 Å². The van der Waals surface area contributed by atoms with E-state index in [1.54, 1.807) is 0 Å². The average molecular weight is 221 g/mol. The van der Waals surface area contributed by atoms with Gasteiger partial charge in [-0.25, -0.2) is 4.79 Å². The number of rotatable bonds is 1. The quantitative estimate of drug-likeness (QED) is 0.775. The Morgan fingerprint density at radius 1 is 1.25 bits per heavy atom. The molecular formula is C11H11NO4. The molecule has 0 spiro atoms. The molecule has 0 radical (unpaired) electrons. The summed E-state index contributed by atoms with van der Waals surface area (Å²) in [4.78, 5) is 11.0. The van der Waals surface area contributed by atoms with Crippen LogP contribution in [0, 0.1) is 0 Å². The van der Waals surface area contributed by atoms with Crippen molar-refractivity contribution in [3.63, 3.8) is 0 Å². The number of nitrogens with one attached hydrogen (secondary N) is 1. The zero-order valence-corrected chi connectivity index (χ0v) is 8.56. The van der Waals surface area contributed by atoms with E-state index in [4.69, 9.17) is 14.2 Å². The second-order valence-corrected chi connectivity index (χ2v) is 3.65. The summed E-state index contributed by atoms with van der Waals surface area (Å²) in [5.74, 6) is 1.40. The summed E-state index contributed by atoms with van der Waals surface area (Å²) in [6.07, 6.45) is -0.677. The van der Waals surface area contributed by atoms with Crippen LogP contribution in [0.15, 0.2) is 18.2 Å². The van der Waals surface area contributed by atoms with E-state index in [9.17, 15) is 4.79 Å². The Hall–Kier alpha value is -1.91. The normalized spacial score (nSPS) is 22.5. The van der Waals surface area contributed by atoms with Crippen molar-refractivity contribution in [3.05, 3.63) is 23.8 Å². The molecule has 0 saturated carbocycles. The maximum Gasteiger partial charge on any atom is 0.407 e. The van der Waals surface area contributed by atoms with Gasteiger partial charge in [0, 0.05) is 5.56 Å². The Morgan fingerprint density at radius 3 is 2.94 bits per heavy atom. The molecule has 16 heavy (non-hydrogen) atoms. The van der Waals surface area contributed by atoms with Crippen molar-refractivity contribution in [2.45, 2.75) is 6.10 Å². The highest BCUT2D eigenvalue weighted by molar-refractivity contribution is 5.70. The summed E-state index contributed by atoms with van der Waals surface area (Å²) in [5, 5.41) is 2.62. The Balaban J connectivity index is 1.97. The fourth-order valence-corrected chi connectivity index (χ4v) is 1.91. The van der Waals surface area contributed by atoms with Crippen LogP contribution < -0.4 is 14.8 Å². The van der Waals surface area contributed by atoms with Crippen LogP contribution in [-0.4, -0.2) is 25.9 Å². The first kappa shape index (κ1) is 9.33. The monoisotopic (exact) mass is 221 g/mol. The SMILES string of the molecule is O=C1NCC(c2cccc3c2OCCO3)O1. The summed E-state index contributed by atoms with van der Waals surface area (Å²) < 4.78 is 16.2. The second-order valence-electron chi connectivity index (χ2n) is 3.65. The molecule has 1 saturated heterocycles. The molecule has 1 N–H and O–H groups in total. The minimum absolute atomic E-state index is 0.288. The number of hydrogen-bond donors (Lipinski definition) is 1. The summed E-state index contributed by atoms with van der Waals surface area (Å²) in [7, 11) is 0. The number of amides is 1. The maximum atomic E-state index is 11.0. The lowest BCUT2D eigenvalue weighted by molar-refractivity contribution is 0.132. The predicted octanol–water partition coefficient (Wildman–Crippen LogP) is 1.24. The first-order valence-corrected chi connectivity index (χ1v) is 5.17. The molecule has 0 bridgehead atoms. The van der Waals surface area contributed by atoms with Crippen LogP contribution in [-0.2, 0) is 4.74 Å². The van der Waals surface area contributed by atoms with Crippen LogP contribution in [0.4, 0.5) is 4.79 Å². The highest BCUT2D eigenvalue weighted by Crippen LogP contribution is 2.38. The molecule has 1 unspecified atom stereocenters. The van der Waals surface area contributed by atoms with Gasteiger partial charge in [-0.05, 0) is 6.07 Å². The van der Waals surface area contributed by atoms with Crippen LogP contribution in [0.25, 0.3) is 0 Å². The minimum atomic E-state index is -0.390. The molecule has 1 amide bonds. The lowest BCUT2D eigenvalue weighted by Gasteiger charge is -2.22. The molecule has 84 valence electrons. The molecule has 1 aromatic rings. The lowest BCUT2D eigenvalue weighted by atomic mass is 10.1. The van der Waals surface area contributed by atoms with Gasteiger partial charge in [0.05, 0.1) is 6.54 Å². The third-order valence-corrected chi connectivity index (χ3v) is 2.62. The third kappa shape index (κ3) is 1.44. The van der Waals surface area contributed by atoms with Gasteiger partial charge in [0.1, 0.15) is 19.3 Å². The van der Waals surface area contributed by atoms with Gasteiger partial charge in [-0.3, -0.25) is 0 Å². The molecule has 1 aromatic carbocycles. The lowest BCUT2D eigenvalue weighted by Crippen LogP contribution is -2.18. The van der Waals surface area contributed by atoms with Gasteiger partial charge in [-0.2, -0.15) is 0 Å². The van der Waals surface area contributed by atoms with Crippen LogP contribution >= 0.6 is 0 Å². The van der Waals surface area contributed by atoms with E-state index >= 15 is 0 Å². The molecule has 3 rings (SSSR count). The Labute approximate surface area is 92.3 Å². The molecule has 5 nitrogen and oxygen atoms in total. The number of carbonyl (C=O) groups excluding carboxylic acids is 1. The highest BCUT2D eigenvalue weighted by Gasteiger charge is 2.29. The predicted molar refractivity (Wildman–Crippen MR) is 54.7 cm³/mol. The number of hydrogen-bond acceptors (Lipinski definition) is 4. The molecule has 1 fully saturated rings. The van der Waals surface area contributed by atoms with Crippen molar-refractivity contribution >= 4 is 6.09 Å². The summed E-state index contributed by atoms with van der Waals surface area (Å²) in [6, 6.07) is 5.61. The molecule has 0 aromatic heterocycles. The van der Waals surface area contributed by atoms with E-state index in [0.29, 0.717) is 31.3 Å². The zero-order valence-electron chi connectivity index (χ0n) is 8.56. The molecule has 2 heterocycles. The van der Waals surface area contributed by atoms with Crippen LogP contribution in [0.5, 0.6) is 11.5 Å². The second kappa shape index (κ2) is 3.59. The molecular weight excluding hydrogens is 210 g/mol.